The van der Waals surface area contributed by atoms with Gasteiger partial charge in [0.25, 0.3) is 0 Å². The fourth-order valence-electron chi connectivity index (χ4n) is 4.38. The Morgan fingerprint density at radius 2 is 2.04 bits per heavy atom. The molecule has 1 aromatic heterocycles. The predicted molar refractivity (Wildman–Crippen MR) is 98.3 cm³/mol. The lowest BCUT2D eigenvalue weighted by Crippen LogP contribution is -2.32. The Balaban J connectivity index is 1.83. The predicted octanol–water partition coefficient (Wildman–Crippen LogP) is 3.68. The number of carbonyl (C=O) groups is 1. The molecule has 0 aromatic carbocycles. The highest BCUT2D eigenvalue weighted by atomic mass is 16.5. The lowest BCUT2D eigenvalue weighted by atomic mass is 9.67. The number of ether oxygens (including phenoxy) is 3. The van der Waals surface area contributed by atoms with Crippen LogP contribution < -0.4 is 0 Å². The molecule has 0 saturated heterocycles. The quantitative estimate of drug-likeness (QED) is 0.691. The van der Waals surface area contributed by atoms with E-state index in [1.54, 1.807) is 0 Å². The number of hydrogen-bond donors (Lipinski definition) is 0. The molecular weight excluding hydrogens is 332 g/mol. The lowest BCUT2D eigenvalue weighted by molar-refractivity contribution is 0.0188. The third kappa shape index (κ3) is 3.81. The van der Waals surface area contributed by atoms with E-state index in [-0.39, 0.29) is 11.4 Å². The average Bonchev–Trinajstić information content (AvgIpc) is 3.07. The molecular formula is C20H32N2O4. The Morgan fingerprint density at radius 1 is 1.27 bits per heavy atom. The second-order valence-electron chi connectivity index (χ2n) is 7.47. The van der Waals surface area contributed by atoms with Gasteiger partial charge < -0.3 is 14.2 Å². The van der Waals surface area contributed by atoms with Gasteiger partial charge in [0.2, 0.25) is 0 Å². The maximum absolute atomic E-state index is 12.5. The molecule has 1 aliphatic heterocycles. The van der Waals surface area contributed by atoms with E-state index in [9.17, 15) is 4.79 Å². The summed E-state index contributed by atoms with van der Waals surface area (Å²) in [5, 5.41) is 4.59. The molecule has 2 aliphatic rings. The molecule has 6 heteroatoms. The largest absolute Gasteiger partial charge is 0.461 e. The summed E-state index contributed by atoms with van der Waals surface area (Å²) in [6.07, 6.45) is 5.52. The summed E-state index contributed by atoms with van der Waals surface area (Å²) in [6, 6.07) is 0. The van der Waals surface area contributed by atoms with E-state index in [0.29, 0.717) is 38.0 Å². The monoisotopic (exact) mass is 364 g/mol. The van der Waals surface area contributed by atoms with Crippen molar-refractivity contribution in [2.75, 3.05) is 26.4 Å². The summed E-state index contributed by atoms with van der Waals surface area (Å²) in [5.74, 6) is 0.0483. The van der Waals surface area contributed by atoms with Gasteiger partial charge in [-0.1, -0.05) is 6.92 Å². The zero-order valence-electron chi connectivity index (χ0n) is 16.4. The highest BCUT2D eigenvalue weighted by Gasteiger charge is 2.38. The van der Waals surface area contributed by atoms with Crippen LogP contribution in [0, 0.1) is 5.41 Å². The molecule has 0 bridgehead atoms. The van der Waals surface area contributed by atoms with Crippen LogP contribution in [0.4, 0.5) is 0 Å². The SMILES string of the molecule is CCOCC1(CC)CCC(c2c(C(=O)OCC)nn3c2COCC3)CC1. The van der Waals surface area contributed by atoms with Crippen LogP contribution in [0.15, 0.2) is 0 Å². The minimum atomic E-state index is -0.300. The van der Waals surface area contributed by atoms with Crippen LogP contribution in [0.3, 0.4) is 0 Å². The van der Waals surface area contributed by atoms with Crippen molar-refractivity contribution in [1.29, 1.82) is 0 Å². The van der Waals surface area contributed by atoms with Crippen LogP contribution in [-0.2, 0) is 27.4 Å². The van der Waals surface area contributed by atoms with Crippen molar-refractivity contribution in [3.05, 3.63) is 17.0 Å². The summed E-state index contributed by atoms with van der Waals surface area (Å²) in [7, 11) is 0. The summed E-state index contributed by atoms with van der Waals surface area (Å²) in [4.78, 5) is 12.5. The molecule has 0 atom stereocenters. The molecule has 1 aromatic rings. The molecule has 1 aliphatic carbocycles. The van der Waals surface area contributed by atoms with E-state index < -0.39 is 0 Å². The first kappa shape index (κ1) is 19.4. The van der Waals surface area contributed by atoms with Crippen LogP contribution in [0.2, 0.25) is 0 Å². The highest BCUT2D eigenvalue weighted by molar-refractivity contribution is 5.89. The first-order valence-corrected chi connectivity index (χ1v) is 10.1. The van der Waals surface area contributed by atoms with Gasteiger partial charge in [-0.3, -0.25) is 4.68 Å². The number of esters is 1. The van der Waals surface area contributed by atoms with Gasteiger partial charge in [-0.25, -0.2) is 4.79 Å². The van der Waals surface area contributed by atoms with Crippen LogP contribution >= 0.6 is 0 Å². The number of rotatable bonds is 7. The number of fused-ring (bicyclic) bond motifs is 1. The van der Waals surface area contributed by atoms with Crippen molar-refractivity contribution < 1.29 is 19.0 Å². The molecule has 2 heterocycles. The number of carbonyl (C=O) groups excluding carboxylic acids is 1. The number of nitrogens with zero attached hydrogens (tertiary/aromatic N) is 2. The summed E-state index contributed by atoms with van der Waals surface area (Å²) >= 11 is 0. The van der Waals surface area contributed by atoms with Gasteiger partial charge in [0.15, 0.2) is 5.69 Å². The topological polar surface area (TPSA) is 62.6 Å². The van der Waals surface area contributed by atoms with E-state index in [0.717, 1.165) is 56.6 Å². The van der Waals surface area contributed by atoms with Crippen molar-refractivity contribution >= 4 is 5.97 Å². The van der Waals surface area contributed by atoms with Crippen LogP contribution in [0.5, 0.6) is 0 Å². The van der Waals surface area contributed by atoms with Gasteiger partial charge in [-0.05, 0) is 57.3 Å². The normalized spacial score (nSPS) is 25.7. The molecule has 0 radical (unpaired) electrons. The Bertz CT molecular complexity index is 618. The fraction of sp³-hybridized carbons (Fsp3) is 0.800. The maximum atomic E-state index is 12.5. The van der Waals surface area contributed by atoms with Crippen molar-refractivity contribution in [2.45, 2.75) is 71.9 Å². The molecule has 0 spiro atoms. The average molecular weight is 364 g/mol. The molecule has 6 nitrogen and oxygen atoms in total. The van der Waals surface area contributed by atoms with Crippen LogP contribution in [0.1, 0.15) is 80.5 Å². The van der Waals surface area contributed by atoms with Gasteiger partial charge >= 0.3 is 5.97 Å². The standard InChI is InChI=1S/C20H32N2O4/c1-4-20(14-24-5-2)9-7-15(8-10-20)17-16-13-25-12-11-22(16)21-18(17)19(23)26-6-3/h15H,4-14H2,1-3H3. The van der Waals surface area contributed by atoms with Crippen LogP contribution in [-0.4, -0.2) is 42.2 Å². The Morgan fingerprint density at radius 3 is 2.69 bits per heavy atom. The van der Waals surface area contributed by atoms with Gasteiger partial charge in [0.05, 0.1) is 38.7 Å². The Hall–Kier alpha value is -1.40. The molecule has 0 amide bonds. The smallest absolute Gasteiger partial charge is 0.359 e. The maximum Gasteiger partial charge on any atom is 0.359 e. The molecule has 1 saturated carbocycles. The Labute approximate surface area is 156 Å². The van der Waals surface area contributed by atoms with Crippen LogP contribution in [0.25, 0.3) is 0 Å². The van der Waals surface area contributed by atoms with E-state index in [2.05, 4.69) is 18.9 Å². The molecule has 0 unspecified atom stereocenters. The molecule has 146 valence electrons. The minimum absolute atomic E-state index is 0.278. The van der Waals surface area contributed by atoms with Crippen molar-refractivity contribution in [1.82, 2.24) is 9.78 Å². The lowest BCUT2D eigenvalue weighted by Gasteiger charge is -2.39. The zero-order chi connectivity index (χ0) is 18.6. The Kier molecular flexibility index (Phi) is 6.35. The second-order valence-corrected chi connectivity index (χ2v) is 7.47. The van der Waals surface area contributed by atoms with Gasteiger partial charge in [-0.15, -0.1) is 0 Å². The van der Waals surface area contributed by atoms with Crippen molar-refractivity contribution in [3.63, 3.8) is 0 Å². The second kappa shape index (κ2) is 8.53. The minimum Gasteiger partial charge on any atom is -0.461 e. The van der Waals surface area contributed by atoms with E-state index in [4.69, 9.17) is 14.2 Å². The highest BCUT2D eigenvalue weighted by Crippen LogP contribution is 2.47. The van der Waals surface area contributed by atoms with Gasteiger partial charge in [0, 0.05) is 12.2 Å². The number of hydrogen-bond acceptors (Lipinski definition) is 5. The third-order valence-electron chi connectivity index (χ3n) is 6.07. The van der Waals surface area contributed by atoms with Gasteiger partial charge in [-0.2, -0.15) is 5.10 Å². The molecule has 0 N–H and O–H groups in total. The molecule has 26 heavy (non-hydrogen) atoms. The van der Waals surface area contributed by atoms with E-state index in [1.807, 2.05) is 11.6 Å². The first-order chi connectivity index (χ1) is 12.6. The van der Waals surface area contributed by atoms with E-state index >= 15 is 0 Å². The third-order valence-corrected chi connectivity index (χ3v) is 6.07. The summed E-state index contributed by atoms with van der Waals surface area (Å²) in [5.41, 5.74) is 2.92. The zero-order valence-corrected chi connectivity index (χ0v) is 16.4. The van der Waals surface area contributed by atoms with E-state index in [1.165, 1.54) is 0 Å². The summed E-state index contributed by atoms with van der Waals surface area (Å²) < 4.78 is 18.7. The number of aromatic nitrogens is 2. The first-order valence-electron chi connectivity index (χ1n) is 10.1. The fourth-order valence-corrected chi connectivity index (χ4v) is 4.38. The van der Waals surface area contributed by atoms with Gasteiger partial charge in [0.1, 0.15) is 0 Å². The summed E-state index contributed by atoms with van der Waals surface area (Å²) in [6.45, 7) is 10.0. The van der Waals surface area contributed by atoms with Crippen molar-refractivity contribution in [3.8, 4) is 0 Å². The molecule has 1 fully saturated rings. The molecule has 3 rings (SSSR count). The van der Waals surface area contributed by atoms with Crippen molar-refractivity contribution in [2.24, 2.45) is 5.41 Å².